The predicted molar refractivity (Wildman–Crippen MR) is 68.4 cm³/mol. The van der Waals surface area contributed by atoms with Crippen molar-refractivity contribution in [3.8, 4) is 0 Å². The fraction of sp³-hybridized carbons (Fsp3) is 1.00. The first-order valence-corrected chi connectivity index (χ1v) is 7.06. The zero-order chi connectivity index (χ0) is 12.9. The van der Waals surface area contributed by atoms with Gasteiger partial charge in [-0.25, -0.2) is 0 Å². The highest BCUT2D eigenvalue weighted by Crippen LogP contribution is 2.45. The maximum atomic E-state index is 9.82. The van der Waals surface area contributed by atoms with Crippen LogP contribution in [0.5, 0.6) is 0 Å². The van der Waals surface area contributed by atoms with Crippen molar-refractivity contribution in [2.75, 3.05) is 6.61 Å². The van der Waals surface area contributed by atoms with Gasteiger partial charge in [0.1, 0.15) is 0 Å². The van der Waals surface area contributed by atoms with Crippen LogP contribution in [0.3, 0.4) is 0 Å². The predicted octanol–water partition coefficient (Wildman–Crippen LogP) is 2.29. The lowest BCUT2D eigenvalue weighted by molar-refractivity contribution is -0.195. The average molecular weight is 244 g/mol. The molecule has 0 aromatic rings. The molecule has 0 amide bonds. The maximum Gasteiger partial charge on any atom is 0.162 e. The maximum absolute atomic E-state index is 9.82. The molecule has 17 heavy (non-hydrogen) atoms. The normalized spacial score (nSPS) is 29.8. The fourth-order valence-electron chi connectivity index (χ4n) is 3.42. The van der Waals surface area contributed by atoms with E-state index in [9.17, 15) is 10.2 Å². The second-order valence-corrected chi connectivity index (χ2v) is 5.71. The molecule has 0 aromatic heterocycles. The van der Waals surface area contributed by atoms with Gasteiger partial charge in [0.05, 0.1) is 0 Å². The van der Waals surface area contributed by atoms with Gasteiger partial charge in [-0.3, -0.25) is 0 Å². The van der Waals surface area contributed by atoms with Gasteiger partial charge in [-0.15, -0.1) is 0 Å². The molecule has 0 bridgehead atoms. The van der Waals surface area contributed by atoms with Crippen LogP contribution in [0.1, 0.15) is 58.8 Å². The van der Waals surface area contributed by atoms with E-state index in [1.54, 1.807) is 0 Å². The van der Waals surface area contributed by atoms with Gasteiger partial charge in [0.25, 0.3) is 0 Å². The van der Waals surface area contributed by atoms with Gasteiger partial charge in [-0.05, 0) is 44.4 Å². The molecule has 3 N–H and O–H groups in total. The largest absolute Gasteiger partial charge is 0.396 e. The molecule has 1 saturated carbocycles. The molecule has 3 nitrogen and oxygen atoms in total. The third-order valence-corrected chi connectivity index (χ3v) is 4.31. The van der Waals surface area contributed by atoms with E-state index in [0.29, 0.717) is 11.8 Å². The van der Waals surface area contributed by atoms with Crippen molar-refractivity contribution >= 4 is 0 Å². The Morgan fingerprint density at radius 3 is 2.35 bits per heavy atom. The van der Waals surface area contributed by atoms with Crippen LogP contribution in [0, 0.1) is 17.8 Å². The SMILES string of the molecule is CCCCCC1C(CCO)CCC1C(C)(O)O. The minimum atomic E-state index is -1.55. The second-order valence-electron chi connectivity index (χ2n) is 5.71. The van der Waals surface area contributed by atoms with Crippen molar-refractivity contribution in [2.45, 2.75) is 64.6 Å². The number of hydrogen-bond acceptors (Lipinski definition) is 3. The second kappa shape index (κ2) is 6.72. The number of aliphatic hydroxyl groups excluding tert-OH is 1. The molecule has 0 heterocycles. The minimum Gasteiger partial charge on any atom is -0.396 e. The molecule has 1 fully saturated rings. The molecule has 0 aliphatic heterocycles. The number of rotatable bonds is 7. The Morgan fingerprint density at radius 2 is 1.82 bits per heavy atom. The van der Waals surface area contributed by atoms with E-state index in [1.165, 1.54) is 19.8 Å². The van der Waals surface area contributed by atoms with Gasteiger partial charge in [0.2, 0.25) is 0 Å². The van der Waals surface area contributed by atoms with Crippen molar-refractivity contribution < 1.29 is 15.3 Å². The molecular formula is C14H28O3. The van der Waals surface area contributed by atoms with Gasteiger partial charge in [-0.2, -0.15) is 0 Å². The molecule has 3 atom stereocenters. The summed E-state index contributed by atoms with van der Waals surface area (Å²) in [5.41, 5.74) is 0. The topological polar surface area (TPSA) is 60.7 Å². The van der Waals surface area contributed by atoms with Crippen LogP contribution in [0.25, 0.3) is 0 Å². The lowest BCUT2D eigenvalue weighted by atomic mass is 9.80. The average Bonchev–Trinajstić information content (AvgIpc) is 2.62. The van der Waals surface area contributed by atoms with Crippen LogP contribution in [-0.2, 0) is 0 Å². The molecule has 1 aliphatic rings. The van der Waals surface area contributed by atoms with Crippen LogP contribution >= 0.6 is 0 Å². The van der Waals surface area contributed by atoms with E-state index in [-0.39, 0.29) is 12.5 Å². The van der Waals surface area contributed by atoms with Crippen molar-refractivity contribution in [2.24, 2.45) is 17.8 Å². The summed E-state index contributed by atoms with van der Waals surface area (Å²) in [7, 11) is 0. The summed E-state index contributed by atoms with van der Waals surface area (Å²) in [4.78, 5) is 0. The molecule has 0 spiro atoms. The Morgan fingerprint density at radius 1 is 1.12 bits per heavy atom. The monoisotopic (exact) mass is 244 g/mol. The molecule has 3 heteroatoms. The summed E-state index contributed by atoms with van der Waals surface area (Å²) in [6, 6.07) is 0. The molecule has 102 valence electrons. The third-order valence-electron chi connectivity index (χ3n) is 4.31. The molecular weight excluding hydrogens is 216 g/mol. The molecule has 1 rings (SSSR count). The van der Waals surface area contributed by atoms with Crippen molar-refractivity contribution in [3.05, 3.63) is 0 Å². The van der Waals surface area contributed by atoms with Gasteiger partial charge >= 0.3 is 0 Å². The van der Waals surface area contributed by atoms with E-state index in [1.807, 2.05) is 0 Å². The van der Waals surface area contributed by atoms with Gasteiger partial charge in [-0.1, -0.05) is 26.2 Å². The summed E-state index contributed by atoms with van der Waals surface area (Å²) in [6.07, 6.45) is 7.35. The van der Waals surface area contributed by atoms with Gasteiger partial charge < -0.3 is 15.3 Å². The van der Waals surface area contributed by atoms with E-state index in [4.69, 9.17) is 5.11 Å². The number of unbranched alkanes of at least 4 members (excludes halogenated alkanes) is 2. The van der Waals surface area contributed by atoms with E-state index in [0.717, 1.165) is 32.1 Å². The standard InChI is InChI=1S/C14H28O3/c1-3-4-5-6-12-11(9-10-15)7-8-13(12)14(2,16)17/h11-13,15-17H,3-10H2,1-2H3. The highest BCUT2D eigenvalue weighted by atomic mass is 16.5. The van der Waals surface area contributed by atoms with Gasteiger partial charge in [0.15, 0.2) is 5.79 Å². The Balaban J connectivity index is 2.58. The minimum absolute atomic E-state index is 0.0177. The Labute approximate surface area is 105 Å². The Kier molecular flexibility index (Phi) is 5.90. The summed E-state index contributed by atoms with van der Waals surface area (Å²) in [6.45, 7) is 3.90. The van der Waals surface area contributed by atoms with Crippen molar-refractivity contribution in [1.82, 2.24) is 0 Å². The summed E-state index contributed by atoms with van der Waals surface area (Å²) in [5.74, 6) is -0.730. The van der Waals surface area contributed by atoms with Gasteiger partial charge in [0, 0.05) is 12.5 Å². The van der Waals surface area contributed by atoms with E-state index < -0.39 is 5.79 Å². The van der Waals surface area contributed by atoms with Crippen LogP contribution in [-0.4, -0.2) is 27.7 Å². The third kappa shape index (κ3) is 4.23. The molecule has 0 saturated heterocycles. The first-order valence-electron chi connectivity index (χ1n) is 7.06. The van der Waals surface area contributed by atoms with E-state index in [2.05, 4.69) is 6.92 Å². The van der Waals surface area contributed by atoms with Crippen molar-refractivity contribution in [1.29, 1.82) is 0 Å². The fourth-order valence-corrected chi connectivity index (χ4v) is 3.42. The highest BCUT2D eigenvalue weighted by molar-refractivity contribution is 4.89. The Hall–Kier alpha value is -0.120. The molecule has 0 aromatic carbocycles. The quantitative estimate of drug-likeness (QED) is 0.475. The summed E-state index contributed by atoms with van der Waals surface area (Å²) >= 11 is 0. The van der Waals surface area contributed by atoms with Crippen LogP contribution in [0.2, 0.25) is 0 Å². The molecule has 0 radical (unpaired) electrons. The summed E-state index contributed by atoms with van der Waals surface area (Å²) < 4.78 is 0. The number of aliphatic hydroxyl groups is 3. The Bertz CT molecular complexity index is 210. The summed E-state index contributed by atoms with van der Waals surface area (Å²) in [5, 5.41) is 28.7. The highest BCUT2D eigenvalue weighted by Gasteiger charge is 2.43. The molecule has 1 aliphatic carbocycles. The lowest BCUT2D eigenvalue weighted by Crippen LogP contribution is -2.37. The number of hydrogen-bond donors (Lipinski definition) is 3. The first-order chi connectivity index (χ1) is 8.00. The zero-order valence-corrected chi connectivity index (χ0v) is 11.2. The smallest absolute Gasteiger partial charge is 0.162 e. The van der Waals surface area contributed by atoms with Crippen molar-refractivity contribution in [3.63, 3.8) is 0 Å². The van der Waals surface area contributed by atoms with E-state index >= 15 is 0 Å². The van der Waals surface area contributed by atoms with Crippen LogP contribution in [0.4, 0.5) is 0 Å². The van der Waals surface area contributed by atoms with Crippen LogP contribution < -0.4 is 0 Å². The first kappa shape index (κ1) is 14.9. The lowest BCUT2D eigenvalue weighted by Gasteiger charge is -2.32. The molecule has 3 unspecified atom stereocenters. The zero-order valence-electron chi connectivity index (χ0n) is 11.2. The van der Waals surface area contributed by atoms with Crippen LogP contribution in [0.15, 0.2) is 0 Å².